The summed E-state index contributed by atoms with van der Waals surface area (Å²) in [5.41, 5.74) is 3.43. The van der Waals surface area contributed by atoms with E-state index in [1.165, 1.54) is 11.8 Å². The number of fused-ring (bicyclic) bond motifs is 1. The molecule has 1 N–H and O–H groups in total. The third kappa shape index (κ3) is 4.03. The highest BCUT2D eigenvalue weighted by Gasteiger charge is 2.28. The van der Waals surface area contributed by atoms with Crippen LogP contribution in [0.3, 0.4) is 0 Å². The molecule has 0 aliphatic rings. The molecule has 6 nitrogen and oxygen atoms in total. The first-order valence-electron chi connectivity index (χ1n) is 10.5. The predicted octanol–water partition coefficient (Wildman–Crippen LogP) is 5.69. The van der Waals surface area contributed by atoms with Gasteiger partial charge in [0.25, 0.3) is 0 Å². The minimum atomic E-state index is -0.466. The van der Waals surface area contributed by atoms with Crippen molar-refractivity contribution in [3.63, 3.8) is 0 Å². The molecule has 0 radical (unpaired) electrons. The van der Waals surface area contributed by atoms with Crippen LogP contribution in [0.2, 0.25) is 0 Å². The molecule has 0 fully saturated rings. The molecule has 2 heterocycles. The van der Waals surface area contributed by atoms with Gasteiger partial charge in [-0.1, -0.05) is 72.4 Å². The van der Waals surface area contributed by atoms with Crippen molar-refractivity contribution in [3.05, 3.63) is 96.2 Å². The number of ether oxygens (including phenoxy) is 1. The molecule has 0 spiro atoms. The van der Waals surface area contributed by atoms with E-state index in [1.54, 1.807) is 13.3 Å². The number of ketones is 1. The molecule has 0 saturated heterocycles. The SMILES string of the molecule is COc1cccc(-c2nnc(S[C@@H](C(=O)c3c[nH]c4ccccc34)c3ccccc3)n2C)c1. The summed E-state index contributed by atoms with van der Waals surface area (Å²) in [4.78, 5) is 17.0. The second kappa shape index (κ2) is 8.96. The highest BCUT2D eigenvalue weighted by molar-refractivity contribution is 8.00. The summed E-state index contributed by atoms with van der Waals surface area (Å²) in [7, 11) is 3.55. The number of Topliss-reactive ketones (excluding diaryl/α,β-unsaturated/α-hetero) is 1. The van der Waals surface area contributed by atoms with Gasteiger partial charge in [-0.25, -0.2) is 0 Å². The first kappa shape index (κ1) is 21.0. The number of H-pyrrole nitrogens is 1. The van der Waals surface area contributed by atoms with Crippen molar-refractivity contribution in [1.29, 1.82) is 0 Å². The Morgan fingerprint density at radius 3 is 2.61 bits per heavy atom. The van der Waals surface area contributed by atoms with Gasteiger partial charge in [0.05, 0.1) is 7.11 Å². The minimum Gasteiger partial charge on any atom is -0.497 e. The van der Waals surface area contributed by atoms with Crippen LogP contribution in [0.4, 0.5) is 0 Å². The van der Waals surface area contributed by atoms with Crippen LogP contribution in [-0.4, -0.2) is 32.6 Å². The molecule has 7 heteroatoms. The molecule has 0 aliphatic carbocycles. The van der Waals surface area contributed by atoms with Gasteiger partial charge >= 0.3 is 0 Å². The first-order valence-corrected chi connectivity index (χ1v) is 11.4. The second-order valence-corrected chi connectivity index (χ2v) is 8.69. The van der Waals surface area contributed by atoms with E-state index in [1.807, 2.05) is 90.5 Å². The normalized spacial score (nSPS) is 12.1. The van der Waals surface area contributed by atoms with Crippen molar-refractivity contribution >= 4 is 28.4 Å². The summed E-state index contributed by atoms with van der Waals surface area (Å²) in [6.45, 7) is 0. The third-order valence-corrected chi connectivity index (χ3v) is 6.87. The fourth-order valence-electron chi connectivity index (χ4n) is 3.85. The van der Waals surface area contributed by atoms with Gasteiger partial charge in [-0.05, 0) is 23.8 Å². The maximum absolute atomic E-state index is 13.8. The van der Waals surface area contributed by atoms with E-state index >= 15 is 0 Å². The summed E-state index contributed by atoms with van der Waals surface area (Å²) in [5.74, 6) is 1.48. The van der Waals surface area contributed by atoms with Gasteiger partial charge < -0.3 is 14.3 Å². The molecule has 0 bridgehead atoms. The number of hydrogen-bond acceptors (Lipinski definition) is 5. The Balaban J connectivity index is 1.53. The fraction of sp³-hybridized carbons (Fsp3) is 0.115. The van der Waals surface area contributed by atoms with Crippen LogP contribution in [0, 0.1) is 0 Å². The zero-order valence-electron chi connectivity index (χ0n) is 18.2. The Morgan fingerprint density at radius 2 is 1.79 bits per heavy atom. The maximum atomic E-state index is 13.8. The smallest absolute Gasteiger partial charge is 0.192 e. The molecule has 1 atom stereocenters. The van der Waals surface area contributed by atoms with E-state index in [2.05, 4.69) is 15.2 Å². The molecule has 3 aromatic carbocycles. The van der Waals surface area contributed by atoms with Crippen molar-refractivity contribution in [2.45, 2.75) is 10.4 Å². The zero-order chi connectivity index (χ0) is 22.8. The highest BCUT2D eigenvalue weighted by Crippen LogP contribution is 2.39. The van der Waals surface area contributed by atoms with E-state index in [0.717, 1.165) is 27.8 Å². The summed E-state index contributed by atoms with van der Waals surface area (Å²) in [6, 6.07) is 25.3. The van der Waals surface area contributed by atoms with Gasteiger partial charge in [0.15, 0.2) is 16.8 Å². The van der Waals surface area contributed by atoms with E-state index in [4.69, 9.17) is 4.74 Å². The Morgan fingerprint density at radius 1 is 1.00 bits per heavy atom. The Labute approximate surface area is 195 Å². The number of nitrogens with zero attached hydrogens (tertiary/aromatic N) is 3. The van der Waals surface area contributed by atoms with Gasteiger partial charge in [0.2, 0.25) is 0 Å². The van der Waals surface area contributed by atoms with Gasteiger partial charge in [-0.15, -0.1) is 10.2 Å². The fourth-order valence-corrected chi connectivity index (χ4v) is 4.92. The average molecular weight is 455 g/mol. The molecular weight excluding hydrogens is 432 g/mol. The largest absolute Gasteiger partial charge is 0.497 e. The number of benzene rings is 3. The standard InChI is InChI=1S/C26H22N4O2S/c1-30-25(18-11-8-12-19(15-18)32-2)28-29-26(30)33-24(17-9-4-3-5-10-17)23(31)21-16-27-22-14-7-6-13-20(21)22/h3-16,24,27H,1-2H3/t24-/m1/s1. The molecule has 2 aromatic heterocycles. The lowest BCUT2D eigenvalue weighted by Gasteiger charge is -2.15. The number of aromatic amines is 1. The lowest BCUT2D eigenvalue weighted by molar-refractivity contribution is 0.0991. The number of carbonyl (C=O) groups excluding carboxylic acids is 1. The van der Waals surface area contributed by atoms with Gasteiger partial charge in [0.1, 0.15) is 11.0 Å². The lowest BCUT2D eigenvalue weighted by atomic mass is 10.0. The monoisotopic (exact) mass is 454 g/mol. The number of nitrogens with one attached hydrogen (secondary N) is 1. The molecular formula is C26H22N4O2S. The van der Waals surface area contributed by atoms with Gasteiger partial charge in [-0.2, -0.15) is 0 Å². The number of methoxy groups -OCH3 is 1. The van der Waals surface area contributed by atoms with Crippen LogP contribution in [0.1, 0.15) is 21.2 Å². The maximum Gasteiger partial charge on any atom is 0.192 e. The topological polar surface area (TPSA) is 72.8 Å². The number of para-hydroxylation sites is 1. The van der Waals surface area contributed by atoms with Crippen LogP contribution in [0.15, 0.2) is 90.2 Å². The number of thioether (sulfide) groups is 1. The van der Waals surface area contributed by atoms with Crippen LogP contribution in [-0.2, 0) is 7.05 Å². The van der Waals surface area contributed by atoms with Gasteiger partial charge in [-0.3, -0.25) is 4.79 Å². The van der Waals surface area contributed by atoms with Crippen molar-refractivity contribution in [1.82, 2.24) is 19.7 Å². The van der Waals surface area contributed by atoms with E-state index in [-0.39, 0.29) is 5.78 Å². The Hall–Kier alpha value is -3.84. The van der Waals surface area contributed by atoms with Crippen LogP contribution < -0.4 is 4.74 Å². The predicted molar refractivity (Wildman–Crippen MR) is 131 cm³/mol. The van der Waals surface area contributed by atoms with Crippen LogP contribution in [0.5, 0.6) is 5.75 Å². The van der Waals surface area contributed by atoms with Gasteiger partial charge in [0, 0.05) is 35.3 Å². The summed E-state index contributed by atoms with van der Waals surface area (Å²) < 4.78 is 7.26. The van der Waals surface area contributed by atoms with Crippen molar-refractivity contribution in [3.8, 4) is 17.1 Å². The molecule has 5 rings (SSSR count). The van der Waals surface area contributed by atoms with Crippen molar-refractivity contribution < 1.29 is 9.53 Å². The summed E-state index contributed by atoms with van der Waals surface area (Å²) >= 11 is 1.40. The second-order valence-electron chi connectivity index (χ2n) is 7.62. The van der Waals surface area contributed by atoms with E-state index < -0.39 is 5.25 Å². The number of carbonyl (C=O) groups is 1. The Bertz CT molecular complexity index is 1420. The first-order chi connectivity index (χ1) is 16.2. The lowest BCUT2D eigenvalue weighted by Crippen LogP contribution is -2.11. The van der Waals surface area contributed by atoms with Crippen molar-refractivity contribution in [2.24, 2.45) is 7.05 Å². The highest BCUT2D eigenvalue weighted by atomic mass is 32.2. The molecule has 0 unspecified atom stereocenters. The summed E-state index contributed by atoms with van der Waals surface area (Å²) in [5, 5.41) is 9.92. The molecule has 33 heavy (non-hydrogen) atoms. The number of hydrogen-bond donors (Lipinski definition) is 1. The zero-order valence-corrected chi connectivity index (χ0v) is 19.0. The van der Waals surface area contributed by atoms with Crippen molar-refractivity contribution in [2.75, 3.05) is 7.11 Å². The number of aromatic nitrogens is 4. The molecule has 0 saturated carbocycles. The average Bonchev–Trinajstić information content (AvgIpc) is 3.46. The summed E-state index contributed by atoms with van der Waals surface area (Å²) in [6.07, 6.45) is 1.79. The van der Waals surface area contributed by atoms with E-state index in [9.17, 15) is 4.79 Å². The van der Waals surface area contributed by atoms with E-state index in [0.29, 0.717) is 16.5 Å². The van der Waals surface area contributed by atoms with Crippen LogP contribution >= 0.6 is 11.8 Å². The molecule has 5 aromatic rings. The molecule has 0 amide bonds. The number of rotatable bonds is 7. The molecule has 164 valence electrons. The minimum absolute atomic E-state index is 0.0228. The molecule has 0 aliphatic heterocycles. The quantitative estimate of drug-likeness (QED) is 0.253. The van der Waals surface area contributed by atoms with Crippen LogP contribution in [0.25, 0.3) is 22.3 Å². The third-order valence-electron chi connectivity index (χ3n) is 5.58. The Kier molecular flexibility index (Phi) is 5.71.